The van der Waals surface area contributed by atoms with Crippen molar-refractivity contribution < 1.29 is 19.4 Å². The smallest absolute Gasteiger partial charge is 0.341 e. The largest absolute Gasteiger partial charge is 0.486 e. The van der Waals surface area contributed by atoms with E-state index in [-0.39, 0.29) is 6.61 Å². The molecule has 1 fully saturated rings. The van der Waals surface area contributed by atoms with Crippen molar-refractivity contribution in [2.24, 2.45) is 0 Å². The summed E-state index contributed by atoms with van der Waals surface area (Å²) < 4.78 is 11.4. The molecule has 1 N–H and O–H groups in total. The number of nitrogens with zero attached hydrogens (tertiary/aromatic N) is 2. The van der Waals surface area contributed by atoms with Gasteiger partial charge in [0, 0.05) is 24.3 Å². The van der Waals surface area contributed by atoms with E-state index >= 15 is 0 Å². The molecule has 0 aliphatic carbocycles. The van der Waals surface area contributed by atoms with E-state index < -0.39 is 5.97 Å². The lowest BCUT2D eigenvalue weighted by molar-refractivity contribution is -0.139. The normalized spacial score (nSPS) is 13.3. The Hall–Kier alpha value is -3.84. The van der Waals surface area contributed by atoms with Crippen molar-refractivity contribution in [3.05, 3.63) is 82.9 Å². The third kappa shape index (κ3) is 6.83. The van der Waals surface area contributed by atoms with Crippen LogP contribution in [0, 0.1) is 6.92 Å². The van der Waals surface area contributed by atoms with E-state index in [2.05, 4.69) is 60.4 Å². The lowest BCUT2D eigenvalue weighted by Gasteiger charge is -2.28. The van der Waals surface area contributed by atoms with Gasteiger partial charge in [0.2, 0.25) is 0 Å². The van der Waals surface area contributed by atoms with Crippen LogP contribution in [0.2, 0.25) is 0 Å². The van der Waals surface area contributed by atoms with E-state index in [1.54, 1.807) is 23.5 Å². The summed E-state index contributed by atoms with van der Waals surface area (Å²) in [7, 11) is 0. The van der Waals surface area contributed by atoms with Gasteiger partial charge < -0.3 is 19.5 Å². The number of anilines is 1. The first-order chi connectivity index (χ1) is 19.5. The minimum Gasteiger partial charge on any atom is -0.486 e. The lowest BCUT2D eigenvalue weighted by atomic mass is 10.0. The summed E-state index contributed by atoms with van der Waals surface area (Å²) in [6, 6.07) is 23.1. The van der Waals surface area contributed by atoms with Crippen molar-refractivity contribution in [3.8, 4) is 33.2 Å². The summed E-state index contributed by atoms with van der Waals surface area (Å²) in [6.07, 6.45) is 6.04. The number of aryl methyl sites for hydroxylation is 2. The predicted octanol–water partition coefficient (Wildman–Crippen LogP) is 7.77. The second-order valence-corrected chi connectivity index (χ2v) is 11.3. The fraction of sp³-hybridized carbons (Fsp3) is 0.333. The molecule has 0 atom stereocenters. The lowest BCUT2D eigenvalue weighted by Crippen LogP contribution is -2.29. The summed E-state index contributed by atoms with van der Waals surface area (Å²) in [6.45, 7) is 6.29. The fourth-order valence-corrected chi connectivity index (χ4v) is 6.07. The fourth-order valence-electron chi connectivity index (χ4n) is 5.07. The van der Waals surface area contributed by atoms with Crippen molar-refractivity contribution >= 4 is 23.0 Å². The Labute approximate surface area is 240 Å². The summed E-state index contributed by atoms with van der Waals surface area (Å²) in [5.74, 6) is 0.220. The van der Waals surface area contributed by atoms with E-state index in [0.29, 0.717) is 18.1 Å². The maximum atomic E-state index is 10.8. The van der Waals surface area contributed by atoms with Crippen molar-refractivity contribution in [1.82, 2.24) is 4.98 Å². The highest BCUT2D eigenvalue weighted by Crippen LogP contribution is 2.38. The zero-order valence-corrected chi connectivity index (χ0v) is 24.0. The van der Waals surface area contributed by atoms with Gasteiger partial charge in [-0.25, -0.2) is 9.78 Å². The maximum Gasteiger partial charge on any atom is 0.341 e. The Balaban J connectivity index is 1.38. The quantitative estimate of drug-likeness (QED) is 0.203. The average molecular weight is 557 g/mol. The Morgan fingerprint density at radius 2 is 1.68 bits per heavy atom. The molecule has 6 nitrogen and oxygen atoms in total. The molecule has 0 saturated carbocycles. The number of ether oxygens (including phenoxy) is 2. The molecule has 0 unspecified atom stereocenters. The van der Waals surface area contributed by atoms with E-state index in [0.717, 1.165) is 58.2 Å². The highest BCUT2D eigenvalue weighted by atomic mass is 32.1. The molecule has 1 saturated heterocycles. The zero-order valence-electron chi connectivity index (χ0n) is 23.2. The van der Waals surface area contributed by atoms with E-state index in [1.807, 2.05) is 13.0 Å². The SMILES string of the molecule is CCCc1ccc(-c2sc(COc3ccc(OCC(=O)O)c(C)c3)nc2-c2ccc(N3CCCCC3)cc2)cc1. The molecule has 1 aliphatic heterocycles. The van der Waals surface area contributed by atoms with Gasteiger partial charge in [0.25, 0.3) is 0 Å². The molecule has 0 spiro atoms. The van der Waals surface area contributed by atoms with Crippen molar-refractivity contribution in [2.75, 3.05) is 24.6 Å². The highest BCUT2D eigenvalue weighted by Gasteiger charge is 2.17. The van der Waals surface area contributed by atoms with Gasteiger partial charge in [0.1, 0.15) is 23.1 Å². The number of thiazole rings is 1. The molecule has 4 aromatic rings. The second-order valence-electron chi connectivity index (χ2n) is 10.2. The number of rotatable bonds is 11. The first-order valence-electron chi connectivity index (χ1n) is 14.0. The number of hydrogen-bond acceptors (Lipinski definition) is 6. The van der Waals surface area contributed by atoms with Crippen LogP contribution in [0.5, 0.6) is 11.5 Å². The van der Waals surface area contributed by atoms with Crippen LogP contribution in [-0.4, -0.2) is 35.8 Å². The monoisotopic (exact) mass is 556 g/mol. The number of hydrogen-bond donors (Lipinski definition) is 1. The maximum absolute atomic E-state index is 10.8. The van der Waals surface area contributed by atoms with Crippen LogP contribution in [0.3, 0.4) is 0 Å². The topological polar surface area (TPSA) is 71.9 Å². The molecular weight excluding hydrogens is 520 g/mol. The third-order valence-electron chi connectivity index (χ3n) is 7.15. The molecule has 5 rings (SSSR count). The molecule has 7 heteroatoms. The van der Waals surface area contributed by atoms with Crippen molar-refractivity contribution in [2.45, 2.75) is 52.6 Å². The summed E-state index contributed by atoms with van der Waals surface area (Å²) >= 11 is 1.66. The van der Waals surface area contributed by atoms with E-state index in [9.17, 15) is 4.79 Å². The van der Waals surface area contributed by atoms with Crippen LogP contribution in [0.4, 0.5) is 5.69 Å². The number of carboxylic acids is 1. The molecule has 3 aromatic carbocycles. The Morgan fingerprint density at radius 1 is 0.950 bits per heavy atom. The van der Waals surface area contributed by atoms with Gasteiger partial charge in [-0.05, 0) is 79.6 Å². The molecular formula is C33H36N2O4S. The second kappa shape index (κ2) is 13.0. The molecule has 1 aromatic heterocycles. The molecule has 0 radical (unpaired) electrons. The Kier molecular flexibility index (Phi) is 9.01. The first-order valence-corrected chi connectivity index (χ1v) is 14.8. The number of carbonyl (C=O) groups is 1. The molecule has 208 valence electrons. The van der Waals surface area contributed by atoms with Gasteiger partial charge in [0.15, 0.2) is 6.61 Å². The van der Waals surface area contributed by atoms with E-state index in [4.69, 9.17) is 19.6 Å². The average Bonchev–Trinajstić information content (AvgIpc) is 3.41. The molecule has 2 heterocycles. The van der Waals surface area contributed by atoms with E-state index in [1.165, 1.54) is 30.5 Å². The van der Waals surface area contributed by atoms with Crippen LogP contribution in [-0.2, 0) is 17.8 Å². The van der Waals surface area contributed by atoms with Crippen LogP contribution in [0.25, 0.3) is 21.7 Å². The number of benzene rings is 3. The summed E-state index contributed by atoms with van der Waals surface area (Å²) in [5, 5.41) is 9.77. The minimum atomic E-state index is -1.00. The molecule has 0 bridgehead atoms. The third-order valence-corrected chi connectivity index (χ3v) is 8.23. The first kappa shape index (κ1) is 27.7. The molecule has 40 heavy (non-hydrogen) atoms. The molecule has 0 amide bonds. The number of aromatic nitrogens is 1. The van der Waals surface area contributed by atoms with Crippen molar-refractivity contribution in [3.63, 3.8) is 0 Å². The number of piperidine rings is 1. The van der Waals surface area contributed by atoms with Crippen LogP contribution >= 0.6 is 11.3 Å². The Bertz CT molecular complexity index is 1420. The van der Waals surface area contributed by atoms with Gasteiger partial charge in [-0.1, -0.05) is 49.7 Å². The van der Waals surface area contributed by atoms with Gasteiger partial charge in [-0.2, -0.15) is 0 Å². The number of carboxylic acid groups (broad SMARTS) is 1. The van der Waals surface area contributed by atoms with Gasteiger partial charge in [-0.15, -0.1) is 11.3 Å². The van der Waals surface area contributed by atoms with Crippen molar-refractivity contribution in [1.29, 1.82) is 0 Å². The van der Waals surface area contributed by atoms with Gasteiger partial charge in [-0.3, -0.25) is 0 Å². The van der Waals surface area contributed by atoms with Crippen LogP contribution < -0.4 is 14.4 Å². The van der Waals surface area contributed by atoms with Crippen LogP contribution in [0.15, 0.2) is 66.7 Å². The zero-order chi connectivity index (χ0) is 27.9. The Morgan fingerprint density at radius 3 is 2.35 bits per heavy atom. The van der Waals surface area contributed by atoms with Gasteiger partial charge >= 0.3 is 5.97 Å². The highest BCUT2D eigenvalue weighted by molar-refractivity contribution is 7.15. The summed E-state index contributed by atoms with van der Waals surface area (Å²) in [5.41, 5.74) is 6.68. The molecule has 1 aliphatic rings. The summed E-state index contributed by atoms with van der Waals surface area (Å²) in [4.78, 5) is 19.5. The van der Waals surface area contributed by atoms with Crippen LogP contribution in [0.1, 0.15) is 48.7 Å². The van der Waals surface area contributed by atoms with Gasteiger partial charge in [0.05, 0.1) is 10.6 Å². The predicted molar refractivity (Wildman–Crippen MR) is 162 cm³/mol. The standard InChI is InChI=1S/C33H36N2O4S/c1-3-7-24-8-10-26(11-9-24)33-32(25-12-14-27(15-13-25)35-18-5-4-6-19-35)34-30(40-33)21-38-28-16-17-29(23(2)20-28)39-22-31(36)37/h8-17,20H,3-7,18-19,21-22H2,1-2H3,(H,36,37). The minimum absolute atomic E-state index is 0.340. The number of aliphatic carboxylic acids is 1.